The second kappa shape index (κ2) is 35.5. The lowest BCUT2D eigenvalue weighted by Crippen LogP contribution is -2.07. The maximum absolute atomic E-state index is 12.1. The van der Waals surface area contributed by atoms with E-state index in [9.17, 15) is 4.79 Å². The lowest BCUT2D eigenvalue weighted by atomic mass is 10.0. The van der Waals surface area contributed by atoms with E-state index in [-0.39, 0.29) is 5.97 Å². The number of hydrogen-bond donors (Lipinski definition) is 0. The average molecular weight is 734 g/mol. The lowest BCUT2D eigenvalue weighted by Gasteiger charge is -2.14. The predicted octanol–water partition coefficient (Wildman–Crippen LogP) is 15.0. The predicted molar refractivity (Wildman–Crippen MR) is 214 cm³/mol. The molecule has 3 nitrogen and oxygen atoms in total. The van der Waals surface area contributed by atoms with Crippen molar-refractivity contribution in [2.45, 2.75) is 213 Å². The fourth-order valence-electron chi connectivity index (χ4n) is 6.33. The summed E-state index contributed by atoms with van der Waals surface area (Å²) < 4.78 is 11.9. The van der Waals surface area contributed by atoms with Crippen LogP contribution in [0.15, 0.2) is 30.4 Å². The summed E-state index contributed by atoms with van der Waals surface area (Å²) in [7, 11) is 0. The molecule has 0 N–H and O–H groups in total. The third kappa shape index (κ3) is 28.5. The number of aryl methyl sites for hydroxylation is 1. The summed E-state index contributed by atoms with van der Waals surface area (Å²) in [4.78, 5) is 12.1. The van der Waals surface area contributed by atoms with E-state index in [1.807, 2.05) is 0 Å². The third-order valence-corrected chi connectivity index (χ3v) is 10.1. The molecule has 0 fully saturated rings. The van der Waals surface area contributed by atoms with Crippen LogP contribution in [-0.4, -0.2) is 17.9 Å². The zero-order valence-corrected chi connectivity index (χ0v) is 33.4. The number of rotatable bonds is 36. The van der Waals surface area contributed by atoms with Crippen LogP contribution in [0.3, 0.4) is 0 Å². The number of carbonyl (C=O) groups is 1. The molecule has 0 amide bonds. The van der Waals surface area contributed by atoms with Crippen LogP contribution in [0.25, 0.3) is 0 Å². The molecule has 0 radical (unpaired) electrons. The summed E-state index contributed by atoms with van der Waals surface area (Å²) in [5, 5.41) is 0.820. The molecule has 0 aliphatic heterocycles. The van der Waals surface area contributed by atoms with Gasteiger partial charge in [0.15, 0.2) is 0 Å². The Balaban J connectivity index is 2.27. The molecule has 4 heteroatoms. The molecule has 0 spiro atoms. The first-order valence-corrected chi connectivity index (χ1v) is 21.9. The van der Waals surface area contributed by atoms with Crippen molar-refractivity contribution in [3.8, 4) is 5.75 Å². The second-order valence-electron chi connectivity index (χ2n) is 14.2. The number of esters is 1. The number of benzene rings is 1. The first kappa shape index (κ1) is 44.7. The molecular formula is C44H77BrO3. The van der Waals surface area contributed by atoms with E-state index in [1.165, 1.54) is 173 Å². The van der Waals surface area contributed by atoms with E-state index in [2.05, 4.69) is 60.1 Å². The van der Waals surface area contributed by atoms with E-state index in [0.29, 0.717) is 13.0 Å². The molecular weight excluding hydrogens is 656 g/mol. The van der Waals surface area contributed by atoms with Crippen LogP contribution in [0.4, 0.5) is 0 Å². The van der Waals surface area contributed by atoms with Crippen LogP contribution in [0.1, 0.15) is 211 Å². The summed E-state index contributed by atoms with van der Waals surface area (Å²) in [6.45, 7) is 5.60. The van der Waals surface area contributed by atoms with Crippen molar-refractivity contribution in [3.05, 3.63) is 41.5 Å². The zero-order valence-electron chi connectivity index (χ0n) is 31.8. The zero-order chi connectivity index (χ0) is 34.6. The summed E-state index contributed by atoms with van der Waals surface area (Å²) in [5.41, 5.74) is 2.32. The van der Waals surface area contributed by atoms with Crippen molar-refractivity contribution < 1.29 is 14.3 Å². The van der Waals surface area contributed by atoms with Crippen molar-refractivity contribution in [2.75, 3.05) is 11.9 Å². The van der Waals surface area contributed by atoms with Crippen LogP contribution < -0.4 is 4.74 Å². The molecule has 0 bridgehead atoms. The van der Waals surface area contributed by atoms with Crippen LogP contribution >= 0.6 is 15.9 Å². The number of carbonyl (C=O) groups excluding carboxylic acids is 1. The minimum atomic E-state index is -0.134. The van der Waals surface area contributed by atoms with E-state index >= 15 is 0 Å². The molecule has 0 aliphatic carbocycles. The molecule has 1 rings (SSSR count). The van der Waals surface area contributed by atoms with Crippen molar-refractivity contribution in [3.63, 3.8) is 0 Å². The Bertz CT molecular complexity index is 867. The van der Waals surface area contributed by atoms with E-state index in [1.54, 1.807) is 0 Å². The molecule has 1 aromatic rings. The smallest absolute Gasteiger partial charge is 0.306 e. The van der Waals surface area contributed by atoms with Crippen molar-refractivity contribution in [1.82, 2.24) is 0 Å². The Morgan fingerprint density at radius 2 is 1.08 bits per heavy atom. The maximum atomic E-state index is 12.1. The SMILES string of the molecule is CCCCCCCC/C=C\CCCCCCCCOc1cc(CCCCCCCCCCCCCCC)ccc1COC(=O)CCCBr. The number of allylic oxidation sites excluding steroid dienone is 2. The van der Waals surface area contributed by atoms with Crippen LogP contribution in [-0.2, 0) is 22.6 Å². The van der Waals surface area contributed by atoms with Gasteiger partial charge in [-0.15, -0.1) is 0 Å². The molecule has 278 valence electrons. The van der Waals surface area contributed by atoms with Gasteiger partial charge >= 0.3 is 5.97 Å². The second-order valence-corrected chi connectivity index (χ2v) is 15.0. The third-order valence-electron chi connectivity index (χ3n) is 9.52. The Hall–Kier alpha value is -1.29. The summed E-state index contributed by atoms with van der Waals surface area (Å²) in [6, 6.07) is 6.54. The maximum Gasteiger partial charge on any atom is 0.306 e. The molecule has 0 aliphatic rings. The van der Waals surface area contributed by atoms with Gasteiger partial charge in [-0.3, -0.25) is 4.79 Å². The average Bonchev–Trinajstić information content (AvgIpc) is 3.10. The van der Waals surface area contributed by atoms with Gasteiger partial charge in [0, 0.05) is 17.3 Å². The van der Waals surface area contributed by atoms with Gasteiger partial charge in [-0.25, -0.2) is 0 Å². The number of unbranched alkanes of at least 4 members (excludes halogenated alkanes) is 24. The summed E-state index contributed by atoms with van der Waals surface area (Å²) in [5.74, 6) is 0.771. The molecule has 0 saturated heterocycles. The molecule has 0 atom stereocenters. The van der Waals surface area contributed by atoms with E-state index in [4.69, 9.17) is 9.47 Å². The van der Waals surface area contributed by atoms with Gasteiger partial charge in [0.25, 0.3) is 0 Å². The van der Waals surface area contributed by atoms with Gasteiger partial charge in [0.1, 0.15) is 12.4 Å². The topological polar surface area (TPSA) is 35.5 Å². The lowest BCUT2D eigenvalue weighted by molar-refractivity contribution is -0.145. The summed E-state index contributed by atoms with van der Waals surface area (Å²) in [6.07, 6.45) is 43.4. The fraction of sp³-hybridized carbons (Fsp3) is 0.795. The molecule has 0 heterocycles. The van der Waals surface area contributed by atoms with Crippen LogP contribution in [0, 0.1) is 0 Å². The Morgan fingerprint density at radius 3 is 1.60 bits per heavy atom. The Morgan fingerprint density at radius 1 is 0.604 bits per heavy atom. The Kier molecular flexibility index (Phi) is 33.1. The fourth-order valence-corrected chi connectivity index (χ4v) is 6.61. The van der Waals surface area contributed by atoms with E-state index < -0.39 is 0 Å². The number of ether oxygens (including phenoxy) is 2. The highest BCUT2D eigenvalue weighted by Crippen LogP contribution is 2.24. The monoisotopic (exact) mass is 733 g/mol. The van der Waals surface area contributed by atoms with Gasteiger partial charge in [-0.2, -0.15) is 0 Å². The van der Waals surface area contributed by atoms with Crippen molar-refractivity contribution >= 4 is 21.9 Å². The van der Waals surface area contributed by atoms with Crippen LogP contribution in [0.5, 0.6) is 5.75 Å². The molecule has 1 aromatic carbocycles. The molecule has 0 unspecified atom stereocenters. The normalized spacial score (nSPS) is 11.5. The van der Waals surface area contributed by atoms with Crippen molar-refractivity contribution in [1.29, 1.82) is 0 Å². The minimum Gasteiger partial charge on any atom is -0.493 e. The summed E-state index contributed by atoms with van der Waals surface area (Å²) >= 11 is 3.40. The molecule has 0 aromatic heterocycles. The Labute approximate surface area is 307 Å². The number of alkyl halides is 1. The molecule has 48 heavy (non-hydrogen) atoms. The first-order valence-electron chi connectivity index (χ1n) is 20.8. The van der Waals surface area contributed by atoms with Gasteiger partial charge in [-0.05, 0) is 63.0 Å². The van der Waals surface area contributed by atoms with Crippen molar-refractivity contribution in [2.24, 2.45) is 0 Å². The van der Waals surface area contributed by atoms with Gasteiger partial charge in [0.05, 0.1) is 6.61 Å². The highest BCUT2D eigenvalue weighted by molar-refractivity contribution is 9.09. The molecule has 0 saturated carbocycles. The minimum absolute atomic E-state index is 0.134. The largest absolute Gasteiger partial charge is 0.493 e. The van der Waals surface area contributed by atoms with Crippen LogP contribution in [0.2, 0.25) is 0 Å². The quantitative estimate of drug-likeness (QED) is 0.0298. The highest BCUT2D eigenvalue weighted by Gasteiger charge is 2.10. The number of halogens is 1. The first-order chi connectivity index (χ1) is 23.7. The van der Waals surface area contributed by atoms with E-state index in [0.717, 1.165) is 42.5 Å². The highest BCUT2D eigenvalue weighted by atomic mass is 79.9. The van der Waals surface area contributed by atoms with Gasteiger partial charge < -0.3 is 9.47 Å². The number of hydrogen-bond acceptors (Lipinski definition) is 3. The van der Waals surface area contributed by atoms with Gasteiger partial charge in [0.2, 0.25) is 0 Å². The van der Waals surface area contributed by atoms with Gasteiger partial charge in [-0.1, -0.05) is 189 Å². The standard InChI is InChI=1S/C44H77BrO3/c1-3-5-7-9-11-13-15-17-18-19-21-23-25-27-29-31-38-47-43-39-41(35-36-42(43)40-48-44(46)34-32-37-45)33-30-28-26-24-22-20-16-14-12-10-8-6-4-2/h17-18,35-36,39H,3-16,19-34,37-38,40H2,1-2H3/b18-17-.